The maximum atomic E-state index is 13.0. The number of aromatic nitrogens is 3. The van der Waals surface area contributed by atoms with Crippen molar-refractivity contribution in [3.8, 4) is 11.3 Å². The molecule has 4 rings (SSSR count). The zero-order chi connectivity index (χ0) is 17.8. The lowest BCUT2D eigenvalue weighted by Gasteiger charge is -2.36. The fourth-order valence-electron chi connectivity index (χ4n) is 3.27. The monoisotopic (exact) mass is 351 g/mol. The Morgan fingerprint density at radius 2 is 1.58 bits per heavy atom. The lowest BCUT2D eigenvalue weighted by molar-refractivity contribution is 0.244. The van der Waals surface area contributed by atoms with Crippen molar-refractivity contribution < 1.29 is 4.39 Å². The second-order valence-electron chi connectivity index (χ2n) is 6.54. The minimum atomic E-state index is -0.185. The van der Waals surface area contributed by atoms with E-state index in [0.717, 1.165) is 56.2 Å². The fourth-order valence-corrected chi connectivity index (χ4v) is 3.27. The molecule has 1 aromatic heterocycles. The number of anilines is 1. The lowest BCUT2D eigenvalue weighted by atomic mass is 10.2. The summed E-state index contributed by atoms with van der Waals surface area (Å²) in [6.07, 6.45) is 2.00. The van der Waals surface area contributed by atoms with E-state index in [0.29, 0.717) is 0 Å². The first kappa shape index (κ1) is 16.7. The van der Waals surface area contributed by atoms with Gasteiger partial charge in [-0.15, -0.1) is 5.10 Å². The number of benzene rings is 2. The van der Waals surface area contributed by atoms with Gasteiger partial charge in [0.1, 0.15) is 11.5 Å². The van der Waals surface area contributed by atoms with Gasteiger partial charge in [0.15, 0.2) is 0 Å². The van der Waals surface area contributed by atoms with Gasteiger partial charge in [0.25, 0.3) is 0 Å². The summed E-state index contributed by atoms with van der Waals surface area (Å²) in [5, 5.41) is 8.51. The first-order chi connectivity index (χ1) is 12.8. The molecule has 5 nitrogen and oxygen atoms in total. The van der Waals surface area contributed by atoms with Crippen LogP contribution in [0.5, 0.6) is 0 Å². The van der Waals surface area contributed by atoms with Crippen LogP contribution < -0.4 is 4.90 Å². The van der Waals surface area contributed by atoms with Gasteiger partial charge in [0.05, 0.1) is 12.7 Å². The quantitative estimate of drug-likeness (QED) is 0.708. The number of halogens is 1. The van der Waals surface area contributed by atoms with E-state index < -0.39 is 0 Å². The Kier molecular flexibility index (Phi) is 4.93. The van der Waals surface area contributed by atoms with Gasteiger partial charge in [-0.05, 0) is 24.3 Å². The predicted octanol–water partition coefficient (Wildman–Crippen LogP) is 2.91. The van der Waals surface area contributed by atoms with Crippen molar-refractivity contribution in [2.75, 3.05) is 37.6 Å². The fraction of sp³-hybridized carbons (Fsp3) is 0.300. The lowest BCUT2D eigenvalue weighted by Crippen LogP contribution is -2.47. The van der Waals surface area contributed by atoms with E-state index in [1.165, 1.54) is 12.1 Å². The summed E-state index contributed by atoms with van der Waals surface area (Å²) >= 11 is 0. The average molecular weight is 351 g/mol. The molecule has 0 N–H and O–H groups in total. The number of hydrogen-bond acceptors (Lipinski definition) is 4. The third-order valence-electron chi connectivity index (χ3n) is 4.82. The summed E-state index contributed by atoms with van der Waals surface area (Å²) in [7, 11) is 0. The predicted molar refractivity (Wildman–Crippen MR) is 101 cm³/mol. The highest BCUT2D eigenvalue weighted by Crippen LogP contribution is 2.17. The van der Waals surface area contributed by atoms with Gasteiger partial charge < -0.3 is 4.90 Å². The Balaban J connectivity index is 1.27. The highest BCUT2D eigenvalue weighted by molar-refractivity contribution is 5.57. The van der Waals surface area contributed by atoms with Crippen LogP contribution in [-0.2, 0) is 6.54 Å². The van der Waals surface area contributed by atoms with Crippen LogP contribution in [0, 0.1) is 5.82 Å². The average Bonchev–Trinajstić information content (AvgIpc) is 3.17. The van der Waals surface area contributed by atoms with Crippen LogP contribution in [0.4, 0.5) is 10.1 Å². The summed E-state index contributed by atoms with van der Waals surface area (Å²) in [5.74, 6) is -0.185. The molecule has 1 aliphatic rings. The topological polar surface area (TPSA) is 37.2 Å². The number of rotatable bonds is 5. The van der Waals surface area contributed by atoms with Crippen LogP contribution in [0.3, 0.4) is 0 Å². The van der Waals surface area contributed by atoms with Gasteiger partial charge in [-0.1, -0.05) is 35.5 Å². The van der Waals surface area contributed by atoms with Crippen molar-refractivity contribution in [2.24, 2.45) is 0 Å². The van der Waals surface area contributed by atoms with Crippen molar-refractivity contribution >= 4 is 5.69 Å². The minimum absolute atomic E-state index is 0.185. The summed E-state index contributed by atoms with van der Waals surface area (Å²) < 4.78 is 15.0. The molecular formula is C20H22FN5. The van der Waals surface area contributed by atoms with E-state index in [1.54, 1.807) is 0 Å². The maximum Gasteiger partial charge on any atom is 0.123 e. The molecule has 0 amide bonds. The molecule has 1 saturated heterocycles. The van der Waals surface area contributed by atoms with E-state index >= 15 is 0 Å². The highest BCUT2D eigenvalue weighted by Gasteiger charge is 2.17. The van der Waals surface area contributed by atoms with E-state index in [4.69, 9.17) is 0 Å². The molecular weight excluding hydrogens is 329 g/mol. The summed E-state index contributed by atoms with van der Waals surface area (Å²) in [6, 6.07) is 16.9. The number of piperazine rings is 1. The van der Waals surface area contributed by atoms with E-state index in [1.807, 2.05) is 53.3 Å². The molecule has 2 heterocycles. The van der Waals surface area contributed by atoms with Crippen LogP contribution in [0.15, 0.2) is 60.8 Å². The van der Waals surface area contributed by atoms with Gasteiger partial charge in [-0.3, -0.25) is 9.58 Å². The van der Waals surface area contributed by atoms with E-state index in [2.05, 4.69) is 20.1 Å². The van der Waals surface area contributed by atoms with Crippen LogP contribution in [0.25, 0.3) is 11.3 Å². The highest BCUT2D eigenvalue weighted by atomic mass is 19.1. The number of nitrogens with zero attached hydrogens (tertiary/aromatic N) is 5. The van der Waals surface area contributed by atoms with Crippen LogP contribution >= 0.6 is 0 Å². The molecule has 3 aromatic rings. The molecule has 6 heteroatoms. The van der Waals surface area contributed by atoms with Crippen molar-refractivity contribution in [1.82, 2.24) is 19.9 Å². The molecule has 0 atom stereocenters. The number of hydrogen-bond donors (Lipinski definition) is 0. The molecule has 0 spiro atoms. The molecule has 1 fully saturated rings. The summed E-state index contributed by atoms with van der Waals surface area (Å²) in [5.41, 5.74) is 3.09. The molecule has 0 aliphatic carbocycles. The maximum absolute atomic E-state index is 13.0. The van der Waals surface area contributed by atoms with Crippen LogP contribution in [-0.4, -0.2) is 52.6 Å². The normalized spacial score (nSPS) is 15.3. The first-order valence-corrected chi connectivity index (χ1v) is 8.96. The van der Waals surface area contributed by atoms with Gasteiger partial charge in [0.2, 0.25) is 0 Å². The summed E-state index contributed by atoms with van der Waals surface area (Å²) in [4.78, 5) is 4.74. The first-order valence-electron chi connectivity index (χ1n) is 8.96. The molecule has 1 aliphatic heterocycles. The molecule has 0 saturated carbocycles. The third kappa shape index (κ3) is 3.91. The van der Waals surface area contributed by atoms with Gasteiger partial charge in [-0.2, -0.15) is 0 Å². The van der Waals surface area contributed by atoms with Crippen LogP contribution in [0.1, 0.15) is 0 Å². The largest absolute Gasteiger partial charge is 0.369 e. The Hall–Kier alpha value is -2.73. The minimum Gasteiger partial charge on any atom is -0.369 e. The SMILES string of the molecule is Fc1ccc(N2CCN(CCn3cc(-c4ccccc4)nn3)CC2)cc1. The Labute approximate surface area is 152 Å². The van der Waals surface area contributed by atoms with Gasteiger partial charge in [-0.25, -0.2) is 4.39 Å². The van der Waals surface area contributed by atoms with Gasteiger partial charge >= 0.3 is 0 Å². The molecule has 134 valence electrons. The van der Waals surface area contributed by atoms with E-state index in [-0.39, 0.29) is 5.82 Å². The van der Waals surface area contributed by atoms with E-state index in [9.17, 15) is 4.39 Å². The van der Waals surface area contributed by atoms with Crippen molar-refractivity contribution in [3.63, 3.8) is 0 Å². The Morgan fingerprint density at radius 1 is 0.846 bits per heavy atom. The zero-order valence-electron chi connectivity index (χ0n) is 14.6. The molecule has 0 unspecified atom stereocenters. The van der Waals surface area contributed by atoms with Crippen molar-refractivity contribution in [2.45, 2.75) is 6.54 Å². The van der Waals surface area contributed by atoms with Crippen LogP contribution in [0.2, 0.25) is 0 Å². The zero-order valence-corrected chi connectivity index (χ0v) is 14.6. The Bertz CT molecular complexity index is 823. The van der Waals surface area contributed by atoms with Gasteiger partial charge in [0, 0.05) is 44.0 Å². The standard InChI is InChI=1S/C20H22FN5/c21-18-6-8-19(9-7-18)25-13-10-24(11-14-25)12-15-26-16-20(22-23-26)17-4-2-1-3-5-17/h1-9,16H,10-15H2. The summed E-state index contributed by atoms with van der Waals surface area (Å²) in [6.45, 7) is 5.69. The smallest absolute Gasteiger partial charge is 0.123 e. The van der Waals surface area contributed by atoms with Crippen molar-refractivity contribution in [3.05, 3.63) is 66.6 Å². The molecule has 0 radical (unpaired) electrons. The second-order valence-corrected chi connectivity index (χ2v) is 6.54. The second kappa shape index (κ2) is 7.66. The molecule has 0 bridgehead atoms. The van der Waals surface area contributed by atoms with Crippen molar-refractivity contribution in [1.29, 1.82) is 0 Å². The molecule has 26 heavy (non-hydrogen) atoms. The Morgan fingerprint density at radius 3 is 2.31 bits per heavy atom. The molecule has 2 aromatic carbocycles. The third-order valence-corrected chi connectivity index (χ3v) is 4.82.